The van der Waals surface area contributed by atoms with Crippen molar-refractivity contribution in [3.8, 4) is 5.75 Å². The minimum absolute atomic E-state index is 0.00893. The van der Waals surface area contributed by atoms with Crippen LogP contribution in [-0.2, 0) is 57.7 Å². The molecule has 8 amide bonds. The number of nitrogens with zero attached hydrogens (tertiary/aromatic N) is 2. The highest BCUT2D eigenvalue weighted by Crippen LogP contribution is 2.34. The van der Waals surface area contributed by atoms with Crippen LogP contribution in [0.3, 0.4) is 0 Å². The Morgan fingerprint density at radius 1 is 0.817 bits per heavy atom. The number of rotatable bonds is 29. The van der Waals surface area contributed by atoms with Crippen LogP contribution in [0, 0.1) is 5.92 Å². The van der Waals surface area contributed by atoms with Crippen LogP contribution >= 0.6 is 11.8 Å². The molecule has 4 unspecified atom stereocenters. The Bertz CT molecular complexity index is 2330. The maximum Gasteiger partial charge on any atom is 0.266 e. The number of piperidine rings is 1. The van der Waals surface area contributed by atoms with Gasteiger partial charge < -0.3 is 45.0 Å². The Morgan fingerprint density at radius 2 is 1.51 bits per heavy atom. The van der Waals surface area contributed by atoms with Gasteiger partial charge in [-0.05, 0) is 43.4 Å². The van der Waals surface area contributed by atoms with Crippen molar-refractivity contribution in [1.82, 2.24) is 41.1 Å². The lowest BCUT2D eigenvalue weighted by atomic mass is 10.0. The molecule has 3 saturated heterocycles. The predicted octanol–water partition coefficient (Wildman–Crippen LogP) is -0.820. The van der Waals surface area contributed by atoms with Gasteiger partial charge in [-0.25, -0.2) is 12.7 Å². The number of benzene rings is 2. The molecule has 2 aromatic rings. The standard InChI is InChI=1S/C46H62N8O15S2/c1-71(63,64)53-18-14-31(27-53)41(58)49-33(42(59)52-46-50-34(29-70-46)30-7-3-2-4-8-30)15-20-65-19-6-11-37(55)47-16-21-66-23-25-68-26-24-67-22-17-48-39(57)28-69-36-10-5-9-32-40(36)45(62)54(44(32)61)35-12-13-38(56)51-43(35)60/h2-5,7-10,31,33-35,46,50H,6,11-29H2,1H3,(H,47,55)(H,48,57)(H,49,58)(H,52,59)(H,51,56,60)/t31?,33-,34?,35?,46?/m0/s1. The van der Waals surface area contributed by atoms with E-state index >= 15 is 0 Å². The molecule has 23 nitrogen and oxygen atoms in total. The third-order valence-electron chi connectivity index (χ3n) is 11.8. The zero-order valence-electron chi connectivity index (χ0n) is 39.5. The molecular weight excluding hydrogens is 969 g/mol. The average Bonchev–Trinajstić information content (AvgIpc) is 4.10. The van der Waals surface area contributed by atoms with Gasteiger partial charge in [0.15, 0.2) is 6.61 Å². The number of carbonyl (C=O) groups is 8. The number of hydrogen-bond donors (Lipinski definition) is 6. The van der Waals surface area contributed by atoms with Crippen LogP contribution in [0.4, 0.5) is 0 Å². The average molecular weight is 1030 g/mol. The van der Waals surface area contributed by atoms with Gasteiger partial charge in [-0.1, -0.05) is 36.4 Å². The molecule has 0 aromatic heterocycles. The number of hydrogen-bond acceptors (Lipinski definition) is 17. The van der Waals surface area contributed by atoms with Gasteiger partial charge in [0, 0.05) is 64.0 Å². The van der Waals surface area contributed by atoms with Crippen molar-refractivity contribution in [2.24, 2.45) is 5.92 Å². The van der Waals surface area contributed by atoms with Gasteiger partial charge in [0.05, 0.1) is 62.9 Å². The first-order valence-corrected chi connectivity index (χ1v) is 26.4. The number of thioether (sulfide) groups is 1. The van der Waals surface area contributed by atoms with Gasteiger partial charge >= 0.3 is 0 Å². The summed E-state index contributed by atoms with van der Waals surface area (Å²) in [6.45, 7) is 2.32. The van der Waals surface area contributed by atoms with E-state index in [4.69, 9.17) is 23.7 Å². The maximum atomic E-state index is 13.5. The summed E-state index contributed by atoms with van der Waals surface area (Å²) in [5, 5.41) is 16.8. The van der Waals surface area contributed by atoms with Gasteiger partial charge in [-0.3, -0.25) is 53.9 Å². The molecule has 6 rings (SSSR count). The lowest BCUT2D eigenvalue weighted by Gasteiger charge is -2.27. The molecule has 3 fully saturated rings. The van der Waals surface area contributed by atoms with Crippen molar-refractivity contribution in [2.45, 2.75) is 62.1 Å². The van der Waals surface area contributed by atoms with Crippen LogP contribution in [0.5, 0.6) is 5.75 Å². The second-order valence-corrected chi connectivity index (χ2v) is 20.1. The molecule has 2 aromatic carbocycles. The molecule has 0 radical (unpaired) electrons. The third-order valence-corrected chi connectivity index (χ3v) is 14.2. The highest BCUT2D eigenvalue weighted by atomic mass is 32.2. The van der Waals surface area contributed by atoms with Crippen molar-refractivity contribution < 1.29 is 70.5 Å². The number of ether oxygens (including phenoxy) is 5. The van der Waals surface area contributed by atoms with Crippen molar-refractivity contribution in [3.63, 3.8) is 0 Å². The number of imide groups is 2. The van der Waals surface area contributed by atoms with Gasteiger partial charge in [-0.15, -0.1) is 11.8 Å². The Morgan fingerprint density at radius 3 is 2.20 bits per heavy atom. The summed E-state index contributed by atoms with van der Waals surface area (Å²) in [6, 6.07) is 12.3. The number of fused-ring (bicyclic) bond motifs is 1. The number of sulfonamides is 1. The molecule has 6 N–H and O–H groups in total. The smallest absolute Gasteiger partial charge is 0.266 e. The van der Waals surface area contributed by atoms with Crippen LogP contribution in [0.2, 0.25) is 0 Å². The molecule has 4 heterocycles. The third kappa shape index (κ3) is 16.5. The van der Waals surface area contributed by atoms with Crippen LogP contribution in [-0.4, -0.2) is 180 Å². The summed E-state index contributed by atoms with van der Waals surface area (Å²) >= 11 is 1.55. The van der Waals surface area contributed by atoms with E-state index < -0.39 is 70.1 Å². The fraction of sp³-hybridized carbons (Fsp3) is 0.565. The van der Waals surface area contributed by atoms with Crippen molar-refractivity contribution >= 4 is 69.0 Å². The van der Waals surface area contributed by atoms with E-state index in [0.717, 1.165) is 22.5 Å². The monoisotopic (exact) mass is 1030 g/mol. The van der Waals surface area contributed by atoms with E-state index in [1.54, 1.807) is 11.8 Å². The SMILES string of the molecule is CS(=O)(=O)N1CCC(C(=O)N[C@@H](CCOCCCC(=O)NCCOCCOCCOCCNC(=O)COc2cccc3c2C(=O)N(C2CCC(=O)NC2=O)C3=O)C(=O)NC2NC(c3ccccc3)CS2)C1. The molecular formula is C46H62N8O15S2. The maximum absolute atomic E-state index is 13.5. The predicted molar refractivity (Wildman–Crippen MR) is 255 cm³/mol. The van der Waals surface area contributed by atoms with E-state index in [2.05, 4.69) is 31.9 Å². The number of amides is 8. The summed E-state index contributed by atoms with van der Waals surface area (Å²) in [5.41, 5.74) is 0.718. The summed E-state index contributed by atoms with van der Waals surface area (Å²) < 4.78 is 53.1. The molecule has 0 aliphatic carbocycles. The lowest BCUT2D eigenvalue weighted by molar-refractivity contribution is -0.136. The Hall–Kier alpha value is -5.54. The first-order chi connectivity index (χ1) is 34.2. The van der Waals surface area contributed by atoms with Crippen LogP contribution in [0.25, 0.3) is 0 Å². The topological polar surface area (TPSA) is 296 Å². The molecule has 4 aliphatic heterocycles. The van der Waals surface area contributed by atoms with Gasteiger partial charge in [-0.2, -0.15) is 0 Å². The minimum atomic E-state index is -3.44. The van der Waals surface area contributed by atoms with Crippen molar-refractivity contribution in [2.75, 3.05) is 97.6 Å². The quantitative estimate of drug-likeness (QED) is 0.0429. The fourth-order valence-corrected chi connectivity index (χ4v) is 10.1. The molecule has 0 bridgehead atoms. The fourth-order valence-electron chi connectivity index (χ4n) is 8.06. The second kappa shape index (κ2) is 27.3. The van der Waals surface area contributed by atoms with Crippen molar-refractivity contribution in [3.05, 3.63) is 65.2 Å². The largest absolute Gasteiger partial charge is 0.483 e. The molecule has 0 saturated carbocycles. The Labute approximate surface area is 415 Å². The van der Waals surface area contributed by atoms with Crippen LogP contribution < -0.4 is 36.6 Å². The highest BCUT2D eigenvalue weighted by molar-refractivity contribution is 8.00. The van der Waals surface area contributed by atoms with E-state index in [9.17, 15) is 46.8 Å². The number of nitrogens with one attached hydrogen (secondary N) is 6. The van der Waals surface area contributed by atoms with Crippen molar-refractivity contribution in [1.29, 1.82) is 0 Å². The Kier molecular flexibility index (Phi) is 21.1. The van der Waals surface area contributed by atoms with Crippen LogP contribution in [0.1, 0.15) is 70.8 Å². The zero-order valence-corrected chi connectivity index (χ0v) is 41.1. The molecule has 71 heavy (non-hydrogen) atoms. The Balaban J connectivity index is 0.756. The lowest BCUT2D eigenvalue weighted by Crippen LogP contribution is -2.54. The van der Waals surface area contributed by atoms with Crippen LogP contribution in [0.15, 0.2) is 48.5 Å². The van der Waals surface area contributed by atoms with E-state index in [0.29, 0.717) is 32.6 Å². The summed E-state index contributed by atoms with van der Waals surface area (Å²) in [5.74, 6) is -3.89. The molecule has 388 valence electrons. The van der Waals surface area contributed by atoms with E-state index in [1.165, 1.54) is 22.5 Å². The summed E-state index contributed by atoms with van der Waals surface area (Å²) in [4.78, 5) is 102. The molecule has 4 aliphatic rings. The first kappa shape index (κ1) is 54.8. The molecule has 0 spiro atoms. The van der Waals surface area contributed by atoms with Gasteiger partial charge in [0.2, 0.25) is 39.6 Å². The molecule has 5 atom stereocenters. The highest BCUT2D eigenvalue weighted by Gasteiger charge is 2.46. The van der Waals surface area contributed by atoms with E-state index in [1.807, 2.05) is 30.3 Å². The zero-order chi connectivity index (χ0) is 50.8. The normalized spacial score (nSPS) is 20.6. The van der Waals surface area contributed by atoms with E-state index in [-0.39, 0.29) is 125 Å². The summed E-state index contributed by atoms with van der Waals surface area (Å²) in [7, 11) is -3.44. The molecule has 25 heteroatoms. The second-order valence-electron chi connectivity index (χ2n) is 17.0. The van der Waals surface area contributed by atoms with Gasteiger partial charge in [0.1, 0.15) is 23.3 Å². The first-order valence-electron chi connectivity index (χ1n) is 23.5. The number of carbonyl (C=O) groups excluding carboxylic acids is 8. The minimum Gasteiger partial charge on any atom is -0.483 e. The van der Waals surface area contributed by atoms with Gasteiger partial charge in [0.25, 0.3) is 17.7 Å². The summed E-state index contributed by atoms with van der Waals surface area (Å²) in [6.07, 6.45) is 2.28.